The fourth-order valence-corrected chi connectivity index (χ4v) is 4.03. The normalized spacial score (nSPS) is 17.6. The molecule has 0 aromatic heterocycles. The molecule has 3 rings (SSSR count). The predicted molar refractivity (Wildman–Crippen MR) is 81.2 cm³/mol. The quantitative estimate of drug-likeness (QED) is 0.800. The molecule has 1 aromatic carbocycles. The van der Waals surface area contributed by atoms with Gasteiger partial charge >= 0.3 is 6.09 Å². The number of aryl methyl sites for hydroxylation is 2. The Morgan fingerprint density at radius 3 is 2.82 bits per heavy atom. The molecular weight excluding hydrogens is 304 g/mol. The molecule has 1 heterocycles. The fourth-order valence-electron chi connectivity index (χ4n) is 2.90. The summed E-state index contributed by atoms with van der Waals surface area (Å²) < 4.78 is 32.0. The summed E-state index contributed by atoms with van der Waals surface area (Å²) in [5, 5.41) is 0. The van der Waals surface area contributed by atoms with Crippen LogP contribution in [0.4, 0.5) is 4.79 Å². The summed E-state index contributed by atoms with van der Waals surface area (Å²) in [5.74, 6) is 0. The smallest absolute Gasteiger partial charge is 0.409 e. The molecule has 22 heavy (non-hydrogen) atoms. The number of fused-ring (bicyclic) bond motifs is 1. The van der Waals surface area contributed by atoms with Gasteiger partial charge in [-0.25, -0.2) is 17.9 Å². The van der Waals surface area contributed by atoms with Gasteiger partial charge in [-0.1, -0.05) is 6.07 Å². The van der Waals surface area contributed by atoms with Crippen molar-refractivity contribution in [1.82, 2.24) is 9.62 Å². The maximum absolute atomic E-state index is 12.3. The van der Waals surface area contributed by atoms with Crippen molar-refractivity contribution in [2.45, 2.75) is 30.6 Å². The number of nitrogens with zero attached hydrogens (tertiary/aromatic N) is 1. The highest BCUT2D eigenvalue weighted by molar-refractivity contribution is 7.89. The van der Waals surface area contributed by atoms with E-state index in [9.17, 15) is 13.2 Å². The zero-order valence-corrected chi connectivity index (χ0v) is 13.2. The first-order valence-corrected chi connectivity index (χ1v) is 9.08. The average Bonchev–Trinajstić information content (AvgIpc) is 3.11. The number of hydrogen-bond acceptors (Lipinski definition) is 4. The number of carbonyl (C=O) groups is 1. The summed E-state index contributed by atoms with van der Waals surface area (Å²) in [7, 11) is -3.48. The summed E-state index contributed by atoms with van der Waals surface area (Å²) in [6, 6.07) is 5.37. The fraction of sp³-hybridized carbons (Fsp3) is 0.533. The van der Waals surface area contributed by atoms with Crippen LogP contribution in [0.1, 0.15) is 24.0 Å². The molecule has 2 aliphatic rings. The number of cyclic esters (lactones) is 1. The van der Waals surface area contributed by atoms with Crippen molar-refractivity contribution in [3.05, 3.63) is 29.3 Å². The summed E-state index contributed by atoms with van der Waals surface area (Å²) in [4.78, 5) is 13.2. The molecule has 1 saturated heterocycles. The second kappa shape index (κ2) is 6.26. The Hall–Kier alpha value is -1.60. The Morgan fingerprint density at radius 1 is 1.23 bits per heavy atom. The first-order valence-electron chi connectivity index (χ1n) is 7.59. The second-order valence-corrected chi connectivity index (χ2v) is 7.40. The van der Waals surface area contributed by atoms with Crippen molar-refractivity contribution < 1.29 is 17.9 Å². The minimum Gasteiger partial charge on any atom is -0.448 e. The van der Waals surface area contributed by atoms with Crippen LogP contribution in [0.2, 0.25) is 0 Å². The van der Waals surface area contributed by atoms with Gasteiger partial charge in [0.15, 0.2) is 0 Å². The van der Waals surface area contributed by atoms with E-state index in [1.165, 1.54) is 5.56 Å². The lowest BCUT2D eigenvalue weighted by molar-refractivity contribution is 0.158. The van der Waals surface area contributed by atoms with E-state index < -0.39 is 10.0 Å². The van der Waals surface area contributed by atoms with Gasteiger partial charge in [-0.2, -0.15) is 0 Å². The molecule has 6 nitrogen and oxygen atoms in total. The van der Waals surface area contributed by atoms with E-state index in [1.807, 2.05) is 6.07 Å². The zero-order chi connectivity index (χ0) is 15.6. The molecule has 0 saturated carbocycles. The van der Waals surface area contributed by atoms with Crippen LogP contribution < -0.4 is 4.72 Å². The Kier molecular flexibility index (Phi) is 4.35. The first kappa shape index (κ1) is 15.3. The Balaban J connectivity index is 1.54. The Bertz CT molecular complexity index is 672. The molecule has 1 aromatic rings. The summed E-state index contributed by atoms with van der Waals surface area (Å²) in [6.07, 6.45) is 3.34. The number of carbonyl (C=O) groups excluding carboxylic acids is 1. The minimum absolute atomic E-state index is 0.309. The molecule has 1 aliphatic carbocycles. The van der Waals surface area contributed by atoms with Gasteiger partial charge in [0.05, 0.1) is 11.4 Å². The number of amides is 1. The molecule has 120 valence electrons. The van der Waals surface area contributed by atoms with E-state index in [4.69, 9.17) is 4.74 Å². The molecule has 0 bridgehead atoms. The molecule has 1 amide bonds. The SMILES string of the molecule is O=C1OCCN1CCCNS(=O)(=O)c1ccc2c(c1)CCC2. The van der Waals surface area contributed by atoms with E-state index in [2.05, 4.69) is 4.72 Å². The van der Waals surface area contributed by atoms with E-state index in [-0.39, 0.29) is 6.09 Å². The lowest BCUT2D eigenvalue weighted by Crippen LogP contribution is -2.30. The van der Waals surface area contributed by atoms with Crippen LogP contribution in [-0.2, 0) is 27.6 Å². The number of hydrogen-bond donors (Lipinski definition) is 1. The summed E-state index contributed by atoms with van der Waals surface area (Å²) in [6.45, 7) is 1.81. The van der Waals surface area contributed by atoms with Gasteiger partial charge in [0.1, 0.15) is 6.61 Å². The molecule has 0 spiro atoms. The topological polar surface area (TPSA) is 75.7 Å². The van der Waals surface area contributed by atoms with Crippen LogP contribution in [0.5, 0.6) is 0 Å². The van der Waals surface area contributed by atoms with Crippen molar-refractivity contribution >= 4 is 16.1 Å². The van der Waals surface area contributed by atoms with Gasteiger partial charge in [0.2, 0.25) is 10.0 Å². The maximum atomic E-state index is 12.3. The molecule has 1 fully saturated rings. The molecule has 7 heteroatoms. The van der Waals surface area contributed by atoms with Crippen LogP contribution in [0.25, 0.3) is 0 Å². The highest BCUT2D eigenvalue weighted by atomic mass is 32.2. The number of sulfonamides is 1. The van der Waals surface area contributed by atoms with Crippen LogP contribution in [0.3, 0.4) is 0 Å². The van der Waals surface area contributed by atoms with Crippen LogP contribution >= 0.6 is 0 Å². The zero-order valence-electron chi connectivity index (χ0n) is 12.4. The van der Waals surface area contributed by atoms with Gasteiger partial charge in [0.25, 0.3) is 0 Å². The van der Waals surface area contributed by atoms with Crippen molar-refractivity contribution in [2.75, 3.05) is 26.2 Å². The lowest BCUT2D eigenvalue weighted by atomic mass is 10.1. The Morgan fingerprint density at radius 2 is 2.05 bits per heavy atom. The highest BCUT2D eigenvalue weighted by Crippen LogP contribution is 2.24. The molecule has 0 unspecified atom stereocenters. The van der Waals surface area contributed by atoms with E-state index in [0.29, 0.717) is 37.6 Å². The number of ether oxygens (including phenoxy) is 1. The van der Waals surface area contributed by atoms with Crippen LogP contribution in [-0.4, -0.2) is 45.7 Å². The molecule has 0 atom stereocenters. The molecule has 0 radical (unpaired) electrons. The van der Waals surface area contributed by atoms with Crippen molar-refractivity contribution in [3.63, 3.8) is 0 Å². The number of nitrogens with one attached hydrogen (secondary N) is 1. The summed E-state index contributed by atoms with van der Waals surface area (Å²) >= 11 is 0. The van der Waals surface area contributed by atoms with E-state index in [0.717, 1.165) is 24.8 Å². The van der Waals surface area contributed by atoms with Crippen molar-refractivity contribution in [1.29, 1.82) is 0 Å². The van der Waals surface area contributed by atoms with Crippen molar-refractivity contribution in [3.8, 4) is 0 Å². The van der Waals surface area contributed by atoms with Gasteiger partial charge in [-0.15, -0.1) is 0 Å². The van der Waals surface area contributed by atoms with Crippen LogP contribution in [0, 0.1) is 0 Å². The van der Waals surface area contributed by atoms with Gasteiger partial charge in [-0.05, 0) is 48.9 Å². The largest absolute Gasteiger partial charge is 0.448 e. The van der Waals surface area contributed by atoms with E-state index >= 15 is 0 Å². The second-order valence-electron chi connectivity index (χ2n) is 5.64. The van der Waals surface area contributed by atoms with Gasteiger partial charge in [0, 0.05) is 13.1 Å². The van der Waals surface area contributed by atoms with Crippen LogP contribution in [0.15, 0.2) is 23.1 Å². The number of benzene rings is 1. The third-order valence-electron chi connectivity index (χ3n) is 4.12. The Labute approximate surface area is 130 Å². The monoisotopic (exact) mass is 324 g/mol. The maximum Gasteiger partial charge on any atom is 0.409 e. The van der Waals surface area contributed by atoms with Gasteiger partial charge in [-0.3, -0.25) is 0 Å². The van der Waals surface area contributed by atoms with Gasteiger partial charge < -0.3 is 9.64 Å². The molecule has 1 N–H and O–H groups in total. The number of rotatable bonds is 6. The predicted octanol–water partition coefficient (Wildman–Crippen LogP) is 1.30. The third kappa shape index (κ3) is 3.25. The van der Waals surface area contributed by atoms with E-state index in [1.54, 1.807) is 17.0 Å². The molecular formula is C15H20N2O4S. The molecule has 1 aliphatic heterocycles. The summed E-state index contributed by atoms with van der Waals surface area (Å²) in [5.41, 5.74) is 2.40. The highest BCUT2D eigenvalue weighted by Gasteiger charge is 2.22. The average molecular weight is 324 g/mol. The first-order chi connectivity index (χ1) is 10.6. The standard InChI is InChI=1S/C15H20N2O4S/c18-15-17(9-10-21-15)8-2-7-16-22(19,20)14-6-5-12-3-1-4-13(12)11-14/h5-6,11,16H,1-4,7-10H2. The minimum atomic E-state index is -3.48. The third-order valence-corrected chi connectivity index (χ3v) is 5.58. The lowest BCUT2D eigenvalue weighted by Gasteiger charge is -2.13. The van der Waals surface area contributed by atoms with Crippen molar-refractivity contribution in [2.24, 2.45) is 0 Å².